The van der Waals surface area contributed by atoms with Crippen LogP contribution in [0.4, 0.5) is 14.5 Å². The van der Waals surface area contributed by atoms with E-state index in [0.29, 0.717) is 13.1 Å². The summed E-state index contributed by atoms with van der Waals surface area (Å²) in [4.78, 5) is 14.4. The van der Waals surface area contributed by atoms with Gasteiger partial charge in [-0.15, -0.1) is 0 Å². The first-order valence-electron chi connectivity index (χ1n) is 8.04. The molecule has 1 amide bonds. The van der Waals surface area contributed by atoms with E-state index in [1.54, 1.807) is 4.90 Å². The lowest BCUT2D eigenvalue weighted by Crippen LogP contribution is -2.45. The largest absolute Gasteiger partial charge is 0.381 e. The number of nitrogens with one attached hydrogen (secondary N) is 1. The Hall–Kier alpha value is -2.44. The Morgan fingerprint density at radius 3 is 2.83 bits per heavy atom. The summed E-state index contributed by atoms with van der Waals surface area (Å²) in [5.41, 5.74) is 1.23. The third kappa shape index (κ3) is 3.90. The Morgan fingerprint density at radius 2 is 2.08 bits per heavy atom. The van der Waals surface area contributed by atoms with Crippen LogP contribution in [0.15, 0.2) is 42.6 Å². The molecule has 0 radical (unpaired) electrons. The Morgan fingerprint density at radius 1 is 1.29 bits per heavy atom. The quantitative estimate of drug-likeness (QED) is 0.915. The lowest BCUT2D eigenvalue weighted by molar-refractivity contribution is 0.0690. The molecule has 5 nitrogen and oxygen atoms in total. The van der Waals surface area contributed by atoms with Crippen molar-refractivity contribution in [3.05, 3.63) is 48.3 Å². The van der Waals surface area contributed by atoms with Gasteiger partial charge in [0, 0.05) is 31.0 Å². The van der Waals surface area contributed by atoms with Gasteiger partial charge in [0.25, 0.3) is 12.3 Å². The van der Waals surface area contributed by atoms with Crippen LogP contribution in [0.2, 0.25) is 0 Å². The Balaban J connectivity index is 1.66. The summed E-state index contributed by atoms with van der Waals surface area (Å²) in [6, 6.07) is 11.5. The summed E-state index contributed by atoms with van der Waals surface area (Å²) >= 11 is 0. The number of hydrogen-bond donors (Lipinski definition) is 1. The summed E-state index contributed by atoms with van der Waals surface area (Å²) in [5, 5.41) is 7.25. The highest BCUT2D eigenvalue weighted by Crippen LogP contribution is 2.18. The maximum Gasteiger partial charge on any atom is 0.272 e. The molecule has 0 saturated carbocycles. The molecule has 0 spiro atoms. The second-order valence-electron chi connectivity index (χ2n) is 5.89. The fourth-order valence-electron chi connectivity index (χ4n) is 3.00. The number of hydrogen-bond acceptors (Lipinski definition) is 3. The first-order valence-corrected chi connectivity index (χ1v) is 8.04. The number of benzene rings is 1. The molecule has 128 valence electrons. The predicted molar refractivity (Wildman–Crippen MR) is 87.2 cm³/mol. The third-order valence-corrected chi connectivity index (χ3v) is 4.10. The molecule has 1 fully saturated rings. The molecule has 24 heavy (non-hydrogen) atoms. The monoisotopic (exact) mass is 334 g/mol. The zero-order valence-electron chi connectivity index (χ0n) is 13.2. The van der Waals surface area contributed by atoms with Gasteiger partial charge in [0.2, 0.25) is 0 Å². The Kier molecular flexibility index (Phi) is 5.08. The number of rotatable bonds is 5. The van der Waals surface area contributed by atoms with Crippen LogP contribution in [0.5, 0.6) is 0 Å². The van der Waals surface area contributed by atoms with Crippen LogP contribution >= 0.6 is 0 Å². The van der Waals surface area contributed by atoms with Gasteiger partial charge in [0.15, 0.2) is 0 Å². The number of carbonyl (C=O) groups excluding carboxylic acids is 1. The van der Waals surface area contributed by atoms with Crippen molar-refractivity contribution in [2.45, 2.75) is 31.9 Å². The number of carbonyl (C=O) groups is 1. The average molecular weight is 334 g/mol. The summed E-state index contributed by atoms with van der Waals surface area (Å²) < 4.78 is 26.3. The molecular formula is C17H20F2N4O. The van der Waals surface area contributed by atoms with Crippen molar-refractivity contribution in [1.29, 1.82) is 0 Å². The molecule has 1 N–H and O–H groups in total. The molecule has 1 saturated heterocycles. The van der Waals surface area contributed by atoms with Gasteiger partial charge in [-0.2, -0.15) is 5.10 Å². The summed E-state index contributed by atoms with van der Waals surface area (Å²) in [6.07, 6.45) is 0.693. The maximum atomic E-state index is 12.7. The number of halogens is 2. The molecule has 1 unspecified atom stereocenters. The van der Waals surface area contributed by atoms with E-state index in [1.165, 1.54) is 12.3 Å². The molecule has 1 aromatic heterocycles. The van der Waals surface area contributed by atoms with E-state index < -0.39 is 13.0 Å². The summed E-state index contributed by atoms with van der Waals surface area (Å²) in [5.74, 6) is -0.243. The number of nitrogens with zero attached hydrogens (tertiary/aromatic N) is 3. The topological polar surface area (TPSA) is 50.2 Å². The van der Waals surface area contributed by atoms with E-state index >= 15 is 0 Å². The van der Waals surface area contributed by atoms with Crippen molar-refractivity contribution >= 4 is 11.6 Å². The first kappa shape index (κ1) is 16.4. The van der Waals surface area contributed by atoms with Crippen molar-refractivity contribution in [2.75, 3.05) is 18.4 Å². The minimum absolute atomic E-state index is 0.150. The second kappa shape index (κ2) is 7.42. The third-order valence-electron chi connectivity index (χ3n) is 4.10. The number of piperidine rings is 1. The molecular weight excluding hydrogens is 314 g/mol. The molecule has 2 aromatic rings. The molecule has 3 rings (SSSR count). The van der Waals surface area contributed by atoms with Crippen LogP contribution in [0.1, 0.15) is 23.3 Å². The van der Waals surface area contributed by atoms with Gasteiger partial charge >= 0.3 is 0 Å². The highest BCUT2D eigenvalue weighted by atomic mass is 19.3. The fourth-order valence-corrected chi connectivity index (χ4v) is 3.00. The molecule has 0 bridgehead atoms. The van der Waals surface area contributed by atoms with Crippen molar-refractivity contribution in [1.82, 2.24) is 14.7 Å². The first-order chi connectivity index (χ1) is 11.6. The van der Waals surface area contributed by atoms with Crippen LogP contribution in [0, 0.1) is 0 Å². The van der Waals surface area contributed by atoms with Crippen LogP contribution < -0.4 is 5.32 Å². The van der Waals surface area contributed by atoms with Crippen molar-refractivity contribution in [3.8, 4) is 0 Å². The van der Waals surface area contributed by atoms with Crippen LogP contribution in [0.3, 0.4) is 0 Å². The van der Waals surface area contributed by atoms with Gasteiger partial charge in [-0.25, -0.2) is 8.78 Å². The van der Waals surface area contributed by atoms with Gasteiger partial charge in [0.1, 0.15) is 12.2 Å². The smallest absolute Gasteiger partial charge is 0.272 e. The SMILES string of the molecule is O=C(c1ccnn1CC(F)F)N1CCCC(Nc2ccccc2)C1. The van der Waals surface area contributed by atoms with Crippen LogP contribution in [0.25, 0.3) is 0 Å². The minimum Gasteiger partial charge on any atom is -0.381 e. The van der Waals surface area contributed by atoms with E-state index in [4.69, 9.17) is 0 Å². The maximum absolute atomic E-state index is 12.7. The average Bonchev–Trinajstić information content (AvgIpc) is 3.02. The molecule has 1 aliphatic heterocycles. The molecule has 7 heteroatoms. The standard InChI is InChI=1S/C17H20F2N4O/c18-16(19)12-23-15(8-9-20-23)17(24)22-10-4-7-14(11-22)21-13-5-2-1-3-6-13/h1-3,5-6,8-9,14,16,21H,4,7,10-12H2. The zero-order chi connectivity index (χ0) is 16.9. The van der Waals surface area contributed by atoms with Gasteiger partial charge < -0.3 is 10.2 Å². The van der Waals surface area contributed by atoms with E-state index in [0.717, 1.165) is 23.2 Å². The second-order valence-corrected chi connectivity index (χ2v) is 5.89. The minimum atomic E-state index is -2.54. The lowest BCUT2D eigenvalue weighted by Gasteiger charge is -2.33. The van der Waals surface area contributed by atoms with Gasteiger partial charge in [-0.05, 0) is 31.0 Å². The number of likely N-dealkylation sites (tertiary alicyclic amines) is 1. The summed E-state index contributed by atoms with van der Waals surface area (Å²) in [7, 11) is 0. The van der Waals surface area contributed by atoms with Crippen LogP contribution in [-0.2, 0) is 6.54 Å². The normalized spacial score (nSPS) is 18.0. The Bertz CT molecular complexity index is 674. The van der Waals surface area contributed by atoms with Gasteiger partial charge in [0.05, 0.1) is 0 Å². The summed E-state index contributed by atoms with van der Waals surface area (Å²) in [6.45, 7) is 0.618. The molecule has 1 atom stereocenters. The molecule has 1 aromatic carbocycles. The van der Waals surface area contributed by atoms with E-state index in [2.05, 4.69) is 10.4 Å². The van der Waals surface area contributed by atoms with Crippen molar-refractivity contribution in [3.63, 3.8) is 0 Å². The number of alkyl halides is 2. The van der Waals surface area contributed by atoms with Gasteiger partial charge in [-0.3, -0.25) is 9.48 Å². The lowest BCUT2D eigenvalue weighted by atomic mass is 10.0. The number of aromatic nitrogens is 2. The molecule has 0 aliphatic carbocycles. The van der Waals surface area contributed by atoms with E-state index in [1.807, 2.05) is 30.3 Å². The number of para-hydroxylation sites is 1. The number of amides is 1. The zero-order valence-corrected chi connectivity index (χ0v) is 13.2. The Labute approximate surface area is 139 Å². The number of anilines is 1. The van der Waals surface area contributed by atoms with E-state index in [-0.39, 0.29) is 17.6 Å². The predicted octanol–water partition coefficient (Wildman–Crippen LogP) is 2.86. The van der Waals surface area contributed by atoms with Crippen molar-refractivity contribution in [2.24, 2.45) is 0 Å². The molecule has 1 aliphatic rings. The van der Waals surface area contributed by atoms with Crippen molar-refractivity contribution < 1.29 is 13.6 Å². The highest BCUT2D eigenvalue weighted by molar-refractivity contribution is 5.92. The fraction of sp³-hybridized carbons (Fsp3) is 0.412. The van der Waals surface area contributed by atoms with Gasteiger partial charge in [-0.1, -0.05) is 18.2 Å². The van der Waals surface area contributed by atoms with E-state index in [9.17, 15) is 13.6 Å². The molecule has 2 heterocycles. The van der Waals surface area contributed by atoms with Crippen LogP contribution in [-0.4, -0.2) is 46.1 Å². The highest BCUT2D eigenvalue weighted by Gasteiger charge is 2.26.